The molecule has 28 heavy (non-hydrogen) atoms. The van der Waals surface area contributed by atoms with E-state index in [1.807, 2.05) is 0 Å². The highest BCUT2D eigenvalue weighted by molar-refractivity contribution is 9.10. The summed E-state index contributed by atoms with van der Waals surface area (Å²) in [5, 5.41) is 11.8. The van der Waals surface area contributed by atoms with E-state index < -0.39 is 11.7 Å². The molecule has 0 aliphatic rings. The van der Waals surface area contributed by atoms with Gasteiger partial charge in [-0.3, -0.25) is 9.63 Å². The van der Waals surface area contributed by atoms with Gasteiger partial charge in [-0.25, -0.2) is 14.9 Å². The van der Waals surface area contributed by atoms with Gasteiger partial charge in [0.1, 0.15) is 13.4 Å². The van der Waals surface area contributed by atoms with Crippen molar-refractivity contribution in [3.63, 3.8) is 0 Å². The standard InChI is InChI=1S/C17H14BBrClFN4O3/c1-25-7-22-16-12(25)6-9(17(27)24-28-3-2-26)14(13(16)21)23-15-10(18)4-8(19)5-11(15)20/h4-7,23,26H,2-3H2,1H3,(H,24,27). The van der Waals surface area contributed by atoms with Crippen LogP contribution in [0, 0.1) is 5.82 Å². The van der Waals surface area contributed by atoms with Gasteiger partial charge in [0, 0.05) is 11.5 Å². The third-order valence-corrected chi connectivity index (χ3v) is 4.65. The highest BCUT2D eigenvalue weighted by Gasteiger charge is 2.22. The molecule has 2 radical (unpaired) electrons. The first-order valence-corrected chi connectivity index (χ1v) is 9.18. The molecule has 0 fully saturated rings. The zero-order valence-corrected chi connectivity index (χ0v) is 16.9. The summed E-state index contributed by atoms with van der Waals surface area (Å²) in [4.78, 5) is 21.4. The van der Waals surface area contributed by atoms with Crippen LogP contribution in [0.1, 0.15) is 10.4 Å². The maximum absolute atomic E-state index is 15.2. The number of aliphatic hydroxyl groups is 1. The van der Waals surface area contributed by atoms with Crippen molar-refractivity contribution in [1.29, 1.82) is 0 Å². The molecule has 3 aromatic rings. The van der Waals surface area contributed by atoms with Crippen molar-refractivity contribution in [3.05, 3.63) is 45.4 Å². The number of nitrogens with one attached hydrogen (secondary N) is 2. The molecule has 1 aromatic heterocycles. The van der Waals surface area contributed by atoms with Crippen LogP contribution in [0.4, 0.5) is 15.8 Å². The lowest BCUT2D eigenvalue weighted by Gasteiger charge is -2.17. The fourth-order valence-electron chi connectivity index (χ4n) is 2.59. The largest absolute Gasteiger partial charge is 0.394 e. The first-order chi connectivity index (χ1) is 13.3. The van der Waals surface area contributed by atoms with E-state index in [1.54, 1.807) is 23.7 Å². The number of fused-ring (bicyclic) bond motifs is 1. The summed E-state index contributed by atoms with van der Waals surface area (Å²) < 4.78 is 17.5. The molecule has 0 aliphatic carbocycles. The molecule has 3 N–H and O–H groups in total. The second-order valence-corrected chi connectivity index (χ2v) is 7.14. The molecule has 0 bridgehead atoms. The molecule has 0 unspecified atom stereocenters. The predicted octanol–water partition coefficient (Wildman–Crippen LogP) is 2.32. The SMILES string of the molecule is [B]c1cc(Br)cc(Cl)c1Nc1c(C(=O)NOCCO)cc2c(ncn2C)c1F. The zero-order chi connectivity index (χ0) is 20.4. The average Bonchev–Trinajstić information content (AvgIpc) is 3.00. The Labute approximate surface area is 174 Å². The Morgan fingerprint density at radius 2 is 2.18 bits per heavy atom. The Morgan fingerprint density at radius 1 is 1.43 bits per heavy atom. The number of aromatic nitrogens is 2. The number of carbonyl (C=O) groups is 1. The van der Waals surface area contributed by atoms with Gasteiger partial charge in [0.2, 0.25) is 0 Å². The molecule has 0 saturated carbocycles. The van der Waals surface area contributed by atoms with Gasteiger partial charge >= 0.3 is 0 Å². The van der Waals surface area contributed by atoms with Crippen LogP contribution >= 0.6 is 27.5 Å². The van der Waals surface area contributed by atoms with Crippen LogP contribution in [0.3, 0.4) is 0 Å². The van der Waals surface area contributed by atoms with E-state index in [0.717, 1.165) is 0 Å². The van der Waals surface area contributed by atoms with Crippen LogP contribution in [0.2, 0.25) is 5.02 Å². The van der Waals surface area contributed by atoms with E-state index in [4.69, 9.17) is 29.4 Å². The smallest absolute Gasteiger partial charge is 0.277 e. The van der Waals surface area contributed by atoms with Gasteiger partial charge in [-0.1, -0.05) is 39.1 Å². The van der Waals surface area contributed by atoms with E-state index in [2.05, 4.69) is 31.7 Å². The van der Waals surface area contributed by atoms with Gasteiger partial charge in [-0.05, 0) is 12.1 Å². The maximum Gasteiger partial charge on any atom is 0.277 e. The topological polar surface area (TPSA) is 88.4 Å². The molecule has 1 heterocycles. The molecule has 7 nitrogen and oxygen atoms in total. The van der Waals surface area contributed by atoms with Gasteiger partial charge in [0.15, 0.2) is 5.82 Å². The van der Waals surface area contributed by atoms with Crippen LogP contribution < -0.4 is 16.3 Å². The number of halogens is 3. The number of amides is 1. The minimum atomic E-state index is -0.746. The number of aliphatic hydroxyl groups excluding tert-OH is 1. The van der Waals surface area contributed by atoms with Gasteiger partial charge in [-0.15, -0.1) is 0 Å². The van der Waals surface area contributed by atoms with Crippen molar-refractivity contribution >= 4 is 69.2 Å². The lowest BCUT2D eigenvalue weighted by atomic mass is 9.93. The molecule has 11 heteroatoms. The number of carbonyl (C=O) groups excluding carboxylic acids is 1. The molecule has 0 saturated heterocycles. The summed E-state index contributed by atoms with van der Waals surface area (Å²) in [6.45, 7) is -0.401. The summed E-state index contributed by atoms with van der Waals surface area (Å²) in [5.74, 6) is -1.46. The Balaban J connectivity index is 2.13. The number of anilines is 2. The third kappa shape index (κ3) is 4.00. The first kappa shape index (κ1) is 20.6. The Kier molecular flexibility index (Phi) is 6.24. The zero-order valence-electron chi connectivity index (χ0n) is 14.6. The van der Waals surface area contributed by atoms with E-state index in [9.17, 15) is 4.79 Å². The summed E-state index contributed by atoms with van der Waals surface area (Å²) in [6.07, 6.45) is 1.43. The Morgan fingerprint density at radius 3 is 2.86 bits per heavy atom. The maximum atomic E-state index is 15.2. The van der Waals surface area contributed by atoms with E-state index in [0.29, 0.717) is 9.99 Å². The van der Waals surface area contributed by atoms with Crippen molar-refractivity contribution < 1.29 is 19.1 Å². The van der Waals surface area contributed by atoms with Crippen LogP contribution in [0.15, 0.2) is 29.0 Å². The number of hydroxylamine groups is 1. The molecule has 0 spiro atoms. The molecular weight excluding hydrogens is 453 g/mol. The number of nitrogens with zero attached hydrogens (tertiary/aromatic N) is 2. The number of rotatable bonds is 6. The van der Waals surface area contributed by atoms with Crippen molar-refractivity contribution in [3.8, 4) is 0 Å². The Bertz CT molecular complexity index is 1040. The average molecular weight is 467 g/mol. The van der Waals surface area contributed by atoms with Crippen LogP contribution in [0.5, 0.6) is 0 Å². The quantitative estimate of drug-likeness (QED) is 0.294. The summed E-state index contributed by atoms with van der Waals surface area (Å²) in [5.41, 5.74) is 2.92. The van der Waals surface area contributed by atoms with Crippen molar-refractivity contribution in [2.75, 3.05) is 18.5 Å². The summed E-state index contributed by atoms with van der Waals surface area (Å²) in [6, 6.07) is 4.64. The monoisotopic (exact) mass is 466 g/mol. The predicted molar refractivity (Wildman–Crippen MR) is 109 cm³/mol. The number of imidazole rings is 1. The third-order valence-electron chi connectivity index (χ3n) is 3.90. The van der Waals surface area contributed by atoms with Crippen LogP contribution in [-0.4, -0.2) is 41.6 Å². The highest BCUT2D eigenvalue weighted by Crippen LogP contribution is 2.33. The fraction of sp³-hybridized carbons (Fsp3) is 0.176. The molecule has 1 amide bonds. The lowest BCUT2D eigenvalue weighted by molar-refractivity contribution is 0.0169. The molecular formula is C17H14BBrClFN4O3. The van der Waals surface area contributed by atoms with Gasteiger partial charge < -0.3 is 15.0 Å². The van der Waals surface area contributed by atoms with E-state index in [-0.39, 0.29) is 46.2 Å². The van der Waals surface area contributed by atoms with Crippen LogP contribution in [0.25, 0.3) is 11.0 Å². The minimum Gasteiger partial charge on any atom is -0.394 e. The highest BCUT2D eigenvalue weighted by atomic mass is 79.9. The van der Waals surface area contributed by atoms with Crippen LogP contribution in [-0.2, 0) is 11.9 Å². The number of aryl methyl sites for hydroxylation is 1. The lowest BCUT2D eigenvalue weighted by Crippen LogP contribution is -2.26. The number of benzene rings is 2. The second kappa shape index (κ2) is 8.48. The van der Waals surface area contributed by atoms with Crippen molar-refractivity contribution in [2.45, 2.75) is 0 Å². The molecule has 0 aliphatic heterocycles. The molecule has 2 aromatic carbocycles. The van der Waals surface area contributed by atoms with Crippen molar-refractivity contribution in [2.24, 2.45) is 7.05 Å². The van der Waals surface area contributed by atoms with E-state index >= 15 is 4.39 Å². The second-order valence-electron chi connectivity index (χ2n) is 5.82. The molecule has 144 valence electrons. The molecule has 0 atom stereocenters. The Hall–Kier alpha value is -2.14. The van der Waals surface area contributed by atoms with Gasteiger partial charge in [-0.2, -0.15) is 0 Å². The van der Waals surface area contributed by atoms with Crippen molar-refractivity contribution in [1.82, 2.24) is 15.0 Å². The summed E-state index contributed by atoms with van der Waals surface area (Å²) in [7, 11) is 7.67. The first-order valence-electron chi connectivity index (χ1n) is 8.01. The molecule has 3 rings (SSSR count). The van der Waals surface area contributed by atoms with E-state index in [1.165, 1.54) is 12.4 Å². The number of hydrogen-bond donors (Lipinski definition) is 3. The fourth-order valence-corrected chi connectivity index (χ4v) is 3.47. The normalized spacial score (nSPS) is 11.0. The number of hydrogen-bond acceptors (Lipinski definition) is 5. The minimum absolute atomic E-state index is 0.0510. The summed E-state index contributed by atoms with van der Waals surface area (Å²) >= 11 is 9.50. The van der Waals surface area contributed by atoms with Gasteiger partial charge in [0.05, 0.1) is 47.0 Å². The van der Waals surface area contributed by atoms with Gasteiger partial charge in [0.25, 0.3) is 5.91 Å².